The maximum atomic E-state index is 2.27. The molecule has 0 heteroatoms. The van der Waals surface area contributed by atoms with E-state index < -0.39 is 0 Å². The van der Waals surface area contributed by atoms with Gasteiger partial charge in [0.1, 0.15) is 0 Å². The summed E-state index contributed by atoms with van der Waals surface area (Å²) in [5, 5.41) is 0. The first kappa shape index (κ1) is 15.6. The summed E-state index contributed by atoms with van der Waals surface area (Å²) in [5.41, 5.74) is 6.77. The molecule has 0 aliphatic rings. The van der Waals surface area contributed by atoms with E-state index in [1.54, 1.807) is 0 Å². The molecule has 0 fully saturated rings. The summed E-state index contributed by atoms with van der Waals surface area (Å²) >= 11 is 0. The molecular weight excluding hydrogens is 252 g/mol. The van der Waals surface area contributed by atoms with Crippen molar-refractivity contribution in [3.63, 3.8) is 0 Å². The summed E-state index contributed by atoms with van der Waals surface area (Å²) in [6, 6.07) is 17.9. The summed E-state index contributed by atoms with van der Waals surface area (Å²) in [7, 11) is 0. The second kappa shape index (κ2) is 7.83. The van der Waals surface area contributed by atoms with Crippen molar-refractivity contribution in [2.45, 2.75) is 46.5 Å². The summed E-state index contributed by atoms with van der Waals surface area (Å²) < 4.78 is 0. The predicted octanol–water partition coefficient (Wildman–Crippen LogP) is 6.15. The molecule has 2 rings (SSSR count). The average Bonchev–Trinajstić information content (AvgIpc) is 2.50. The van der Waals surface area contributed by atoms with Gasteiger partial charge in [-0.05, 0) is 47.6 Å². The number of allylic oxidation sites excluding steroid dienone is 1. The quantitative estimate of drug-likeness (QED) is 0.556. The fraction of sp³-hybridized carbons (Fsp3) is 0.333. The zero-order valence-corrected chi connectivity index (χ0v) is 13.5. The molecule has 0 aliphatic carbocycles. The lowest BCUT2D eigenvalue weighted by Gasteiger charge is -2.05. The molecule has 0 heterocycles. The Bertz CT molecular complexity index is 570. The molecule has 2 aromatic carbocycles. The van der Waals surface area contributed by atoms with Gasteiger partial charge in [-0.2, -0.15) is 0 Å². The summed E-state index contributed by atoms with van der Waals surface area (Å²) in [4.78, 5) is 0. The highest BCUT2D eigenvalue weighted by Crippen LogP contribution is 2.19. The van der Waals surface area contributed by atoms with Crippen molar-refractivity contribution >= 4 is 11.6 Å². The van der Waals surface area contributed by atoms with Gasteiger partial charge >= 0.3 is 0 Å². The zero-order valence-electron chi connectivity index (χ0n) is 13.5. The molecule has 0 N–H and O–H groups in total. The Kier molecular flexibility index (Phi) is 5.80. The van der Waals surface area contributed by atoms with Gasteiger partial charge in [-0.15, -0.1) is 0 Å². The first-order chi connectivity index (χ1) is 10.2. The van der Waals surface area contributed by atoms with Crippen molar-refractivity contribution in [1.29, 1.82) is 0 Å². The van der Waals surface area contributed by atoms with E-state index in [0.717, 1.165) is 0 Å². The van der Waals surface area contributed by atoms with Gasteiger partial charge in [0, 0.05) is 0 Å². The van der Waals surface area contributed by atoms with Gasteiger partial charge in [0.15, 0.2) is 0 Å². The Balaban J connectivity index is 2.12. The molecule has 0 unspecified atom stereocenters. The van der Waals surface area contributed by atoms with Crippen LogP contribution < -0.4 is 0 Å². The number of hydrogen-bond acceptors (Lipinski definition) is 0. The third-order valence-corrected chi connectivity index (χ3v) is 3.85. The Morgan fingerprint density at radius 2 is 1.24 bits per heavy atom. The number of aryl methyl sites for hydroxylation is 2. The van der Waals surface area contributed by atoms with Crippen LogP contribution in [0, 0.1) is 0 Å². The first-order valence-electron chi connectivity index (χ1n) is 8.09. The molecule has 0 spiro atoms. The topological polar surface area (TPSA) is 0 Å². The number of rotatable bonds is 6. The predicted molar refractivity (Wildman–Crippen MR) is 94.4 cm³/mol. The van der Waals surface area contributed by atoms with Crippen molar-refractivity contribution in [3.05, 3.63) is 70.8 Å². The van der Waals surface area contributed by atoms with Crippen molar-refractivity contribution in [1.82, 2.24) is 0 Å². The number of benzene rings is 2. The highest BCUT2D eigenvalue weighted by molar-refractivity contribution is 5.80. The lowest BCUT2D eigenvalue weighted by Crippen LogP contribution is -1.86. The van der Waals surface area contributed by atoms with Crippen LogP contribution in [0.3, 0.4) is 0 Å². The zero-order chi connectivity index (χ0) is 15.1. The van der Waals surface area contributed by atoms with E-state index in [0.29, 0.717) is 0 Å². The Morgan fingerprint density at radius 1 is 0.762 bits per heavy atom. The molecule has 110 valence electrons. The third kappa shape index (κ3) is 4.60. The van der Waals surface area contributed by atoms with Gasteiger partial charge in [0.25, 0.3) is 0 Å². The smallest absolute Gasteiger partial charge is 0.0227 e. The molecule has 0 saturated heterocycles. The van der Waals surface area contributed by atoms with Crippen LogP contribution in [-0.4, -0.2) is 0 Å². The van der Waals surface area contributed by atoms with E-state index in [1.165, 1.54) is 53.5 Å². The molecule has 0 aliphatic heterocycles. The second-order valence-corrected chi connectivity index (χ2v) is 5.77. The van der Waals surface area contributed by atoms with Crippen LogP contribution in [0.2, 0.25) is 0 Å². The second-order valence-electron chi connectivity index (χ2n) is 5.77. The van der Waals surface area contributed by atoms with Gasteiger partial charge in [-0.3, -0.25) is 0 Å². The van der Waals surface area contributed by atoms with Crippen LogP contribution in [0.5, 0.6) is 0 Å². The van der Waals surface area contributed by atoms with Crippen molar-refractivity contribution < 1.29 is 0 Å². The van der Waals surface area contributed by atoms with Crippen LogP contribution in [-0.2, 0) is 12.8 Å². The van der Waals surface area contributed by atoms with E-state index in [9.17, 15) is 0 Å². The standard InChI is InChI=1S/C21H26/c1-4-6-18-8-10-20(11-9-18)16-17(3)21-14-12-19(7-5-2)13-15-21/h8-16H,4-7H2,1-3H3/b17-16+. The molecule has 0 amide bonds. The van der Waals surface area contributed by atoms with Gasteiger partial charge in [0.2, 0.25) is 0 Å². The Labute approximate surface area is 129 Å². The molecule has 21 heavy (non-hydrogen) atoms. The molecule has 0 aromatic heterocycles. The summed E-state index contributed by atoms with van der Waals surface area (Å²) in [6.45, 7) is 6.64. The van der Waals surface area contributed by atoms with E-state index >= 15 is 0 Å². The SMILES string of the molecule is CCCc1ccc(/C=C(\C)c2ccc(CCC)cc2)cc1. The summed E-state index contributed by atoms with van der Waals surface area (Å²) in [5.74, 6) is 0. The van der Waals surface area contributed by atoms with Crippen LogP contribution >= 0.6 is 0 Å². The lowest BCUT2D eigenvalue weighted by molar-refractivity contribution is 0.921. The highest BCUT2D eigenvalue weighted by atomic mass is 14.0. The monoisotopic (exact) mass is 278 g/mol. The van der Waals surface area contributed by atoms with E-state index in [4.69, 9.17) is 0 Å². The minimum atomic E-state index is 1.17. The maximum Gasteiger partial charge on any atom is -0.0227 e. The Morgan fingerprint density at radius 3 is 1.71 bits per heavy atom. The normalized spacial score (nSPS) is 11.7. The molecule has 0 nitrogen and oxygen atoms in total. The van der Waals surface area contributed by atoms with E-state index in [1.807, 2.05) is 0 Å². The Hall–Kier alpha value is -1.82. The van der Waals surface area contributed by atoms with Crippen molar-refractivity contribution in [3.8, 4) is 0 Å². The average molecular weight is 278 g/mol. The molecule has 0 bridgehead atoms. The fourth-order valence-corrected chi connectivity index (χ4v) is 2.63. The van der Waals surface area contributed by atoms with Crippen molar-refractivity contribution in [2.75, 3.05) is 0 Å². The lowest BCUT2D eigenvalue weighted by atomic mass is 10.0. The van der Waals surface area contributed by atoms with Gasteiger partial charge in [-0.1, -0.05) is 81.3 Å². The molecule has 0 saturated carbocycles. The minimum Gasteiger partial charge on any atom is -0.0651 e. The van der Waals surface area contributed by atoms with Crippen LogP contribution in [0.25, 0.3) is 11.6 Å². The third-order valence-electron chi connectivity index (χ3n) is 3.85. The highest BCUT2D eigenvalue weighted by Gasteiger charge is 1.98. The maximum absolute atomic E-state index is 2.27. The number of hydrogen-bond donors (Lipinski definition) is 0. The molecule has 2 aromatic rings. The minimum absolute atomic E-state index is 1.17. The molecular formula is C21H26. The van der Waals surface area contributed by atoms with Crippen LogP contribution in [0.4, 0.5) is 0 Å². The van der Waals surface area contributed by atoms with Gasteiger partial charge in [0.05, 0.1) is 0 Å². The van der Waals surface area contributed by atoms with Crippen molar-refractivity contribution in [2.24, 2.45) is 0 Å². The van der Waals surface area contributed by atoms with E-state index in [-0.39, 0.29) is 0 Å². The van der Waals surface area contributed by atoms with Crippen LogP contribution in [0.15, 0.2) is 48.5 Å². The summed E-state index contributed by atoms with van der Waals surface area (Å²) in [6.07, 6.45) is 7.02. The van der Waals surface area contributed by atoms with E-state index in [2.05, 4.69) is 75.4 Å². The van der Waals surface area contributed by atoms with Crippen LogP contribution in [0.1, 0.15) is 55.9 Å². The molecule has 0 radical (unpaired) electrons. The molecule has 0 atom stereocenters. The van der Waals surface area contributed by atoms with Gasteiger partial charge < -0.3 is 0 Å². The van der Waals surface area contributed by atoms with Gasteiger partial charge in [-0.25, -0.2) is 0 Å². The largest absolute Gasteiger partial charge is 0.0651 e. The fourth-order valence-electron chi connectivity index (χ4n) is 2.63. The first-order valence-corrected chi connectivity index (χ1v) is 8.09.